The quantitative estimate of drug-likeness (QED) is 0.539. The Balaban J connectivity index is 1.94. The van der Waals surface area contributed by atoms with E-state index in [0.717, 1.165) is 25.8 Å². The minimum Gasteiger partial charge on any atom is -0.550 e. The van der Waals surface area contributed by atoms with Crippen molar-refractivity contribution in [2.24, 2.45) is 0 Å². The number of unbranched alkanes of at least 4 members (excludes halogenated alkanes) is 5. The summed E-state index contributed by atoms with van der Waals surface area (Å²) in [7, 11) is 0. The Bertz CT molecular complexity index is 251. The third-order valence-corrected chi connectivity index (χ3v) is 4.15. The van der Waals surface area contributed by atoms with Gasteiger partial charge in [-0.3, -0.25) is 0 Å². The molecule has 0 bridgehead atoms. The summed E-state index contributed by atoms with van der Waals surface area (Å²) in [4.78, 5) is 15.4. The van der Waals surface area contributed by atoms with Crippen LogP contribution in [-0.2, 0) is 4.79 Å². The number of hydrogen-bond donors (Lipinski definition) is 0. The molecule has 0 atom stereocenters. The predicted octanol–water partition coefficient (Wildman–Crippen LogP) is 1.49. The van der Waals surface area contributed by atoms with Crippen molar-refractivity contribution in [3.63, 3.8) is 0 Å². The molecule has 1 aliphatic heterocycles. The first-order valence-electron chi connectivity index (χ1n) is 8.37. The zero-order chi connectivity index (χ0) is 14.6. The number of carboxylic acid groups (broad SMARTS) is 1. The first kappa shape index (κ1) is 17.4. The maximum absolute atomic E-state index is 10.3. The van der Waals surface area contributed by atoms with E-state index < -0.39 is 5.97 Å². The van der Waals surface area contributed by atoms with Crippen molar-refractivity contribution in [2.75, 3.05) is 39.3 Å². The monoisotopic (exact) mass is 283 g/mol. The van der Waals surface area contributed by atoms with Gasteiger partial charge in [0.2, 0.25) is 0 Å². The smallest absolute Gasteiger partial charge is 0.0414 e. The van der Waals surface area contributed by atoms with E-state index in [0.29, 0.717) is 0 Å². The Morgan fingerprint density at radius 2 is 1.35 bits per heavy atom. The predicted molar refractivity (Wildman–Crippen MR) is 80.5 cm³/mol. The number of hydrogen-bond acceptors (Lipinski definition) is 4. The average molecular weight is 283 g/mol. The minimum atomic E-state index is -0.915. The van der Waals surface area contributed by atoms with Crippen LogP contribution >= 0.6 is 0 Å². The highest BCUT2D eigenvalue weighted by atomic mass is 16.4. The molecule has 0 amide bonds. The molecule has 118 valence electrons. The second-order valence-electron chi connectivity index (χ2n) is 5.93. The number of piperazine rings is 1. The van der Waals surface area contributed by atoms with Crippen LogP contribution in [0.1, 0.15) is 58.3 Å². The van der Waals surface area contributed by atoms with E-state index in [2.05, 4.69) is 16.7 Å². The Hall–Kier alpha value is -0.610. The molecular weight excluding hydrogens is 252 g/mol. The number of carbonyl (C=O) groups is 1. The van der Waals surface area contributed by atoms with Crippen molar-refractivity contribution < 1.29 is 9.90 Å². The summed E-state index contributed by atoms with van der Waals surface area (Å²) < 4.78 is 0. The Labute approximate surface area is 124 Å². The topological polar surface area (TPSA) is 46.6 Å². The largest absolute Gasteiger partial charge is 0.550 e. The number of rotatable bonds is 11. The highest BCUT2D eigenvalue weighted by Crippen LogP contribution is 2.07. The molecule has 0 radical (unpaired) electrons. The van der Waals surface area contributed by atoms with Crippen LogP contribution in [0.3, 0.4) is 0 Å². The van der Waals surface area contributed by atoms with Crippen LogP contribution in [0.2, 0.25) is 0 Å². The van der Waals surface area contributed by atoms with Gasteiger partial charge in [0.1, 0.15) is 0 Å². The molecule has 1 heterocycles. The van der Waals surface area contributed by atoms with E-state index in [9.17, 15) is 9.90 Å². The molecule has 1 saturated heterocycles. The van der Waals surface area contributed by atoms with E-state index in [-0.39, 0.29) is 6.42 Å². The summed E-state index contributed by atoms with van der Waals surface area (Å²) in [5, 5.41) is 10.3. The number of nitrogens with zero attached hydrogens (tertiary/aromatic N) is 2. The van der Waals surface area contributed by atoms with Gasteiger partial charge in [-0.1, -0.05) is 32.6 Å². The SMILES string of the molecule is CCCCCCN1CCN(CCCCCC(=O)[O-])CC1. The van der Waals surface area contributed by atoms with Crippen molar-refractivity contribution in [1.82, 2.24) is 9.80 Å². The van der Waals surface area contributed by atoms with Gasteiger partial charge in [-0.15, -0.1) is 0 Å². The van der Waals surface area contributed by atoms with Crippen molar-refractivity contribution in [3.05, 3.63) is 0 Å². The molecule has 1 fully saturated rings. The highest BCUT2D eigenvalue weighted by Gasteiger charge is 2.15. The number of carboxylic acids is 1. The average Bonchev–Trinajstić information content (AvgIpc) is 2.44. The fourth-order valence-corrected chi connectivity index (χ4v) is 2.78. The molecule has 4 nitrogen and oxygen atoms in total. The van der Waals surface area contributed by atoms with Crippen molar-refractivity contribution >= 4 is 5.97 Å². The van der Waals surface area contributed by atoms with Gasteiger partial charge < -0.3 is 19.7 Å². The molecule has 0 unspecified atom stereocenters. The zero-order valence-corrected chi connectivity index (χ0v) is 13.1. The maximum atomic E-state index is 10.3. The summed E-state index contributed by atoms with van der Waals surface area (Å²) in [6, 6.07) is 0. The highest BCUT2D eigenvalue weighted by molar-refractivity contribution is 5.63. The summed E-state index contributed by atoms with van der Waals surface area (Å²) in [5.41, 5.74) is 0. The molecule has 0 aromatic rings. The summed E-state index contributed by atoms with van der Waals surface area (Å²) in [5.74, 6) is -0.915. The van der Waals surface area contributed by atoms with E-state index in [1.165, 1.54) is 58.4 Å². The molecule has 0 aromatic carbocycles. The summed E-state index contributed by atoms with van der Waals surface area (Å²) >= 11 is 0. The lowest BCUT2D eigenvalue weighted by Crippen LogP contribution is -2.46. The lowest BCUT2D eigenvalue weighted by molar-refractivity contribution is -0.305. The third kappa shape index (κ3) is 8.54. The molecule has 4 heteroatoms. The van der Waals surface area contributed by atoms with Crippen LogP contribution in [0.5, 0.6) is 0 Å². The van der Waals surface area contributed by atoms with Gasteiger partial charge in [-0.2, -0.15) is 0 Å². The summed E-state index contributed by atoms with van der Waals surface area (Å²) in [6.45, 7) is 9.39. The molecule has 20 heavy (non-hydrogen) atoms. The molecule has 0 N–H and O–H groups in total. The third-order valence-electron chi connectivity index (χ3n) is 4.15. The van der Waals surface area contributed by atoms with Crippen molar-refractivity contribution in [1.29, 1.82) is 0 Å². The first-order chi connectivity index (χ1) is 9.72. The zero-order valence-electron chi connectivity index (χ0n) is 13.1. The van der Waals surface area contributed by atoms with Crippen LogP contribution in [-0.4, -0.2) is 55.0 Å². The molecule has 0 aliphatic carbocycles. The second kappa shape index (κ2) is 11.1. The van der Waals surface area contributed by atoms with Gasteiger partial charge in [0, 0.05) is 32.1 Å². The van der Waals surface area contributed by atoms with Crippen LogP contribution < -0.4 is 5.11 Å². The Morgan fingerprint density at radius 3 is 1.80 bits per heavy atom. The standard InChI is InChI=1S/C16H32N2O2/c1-2-3-4-7-10-17-12-14-18(15-13-17)11-8-5-6-9-16(19)20/h2-15H2,1H3,(H,19,20)/p-1. The first-order valence-corrected chi connectivity index (χ1v) is 8.37. The number of aliphatic carboxylic acids is 1. The van der Waals surface area contributed by atoms with Gasteiger partial charge in [-0.25, -0.2) is 0 Å². The normalized spacial score (nSPS) is 17.4. The van der Waals surface area contributed by atoms with Gasteiger partial charge in [0.25, 0.3) is 0 Å². The Kier molecular flexibility index (Phi) is 9.67. The second-order valence-corrected chi connectivity index (χ2v) is 5.93. The van der Waals surface area contributed by atoms with Crippen LogP contribution in [0, 0.1) is 0 Å². The molecule has 0 spiro atoms. The number of carbonyl (C=O) groups excluding carboxylic acids is 1. The van der Waals surface area contributed by atoms with Crippen LogP contribution in [0.4, 0.5) is 0 Å². The fraction of sp³-hybridized carbons (Fsp3) is 0.938. The molecule has 0 aromatic heterocycles. The molecule has 0 saturated carbocycles. The lowest BCUT2D eigenvalue weighted by atomic mass is 10.1. The lowest BCUT2D eigenvalue weighted by Gasteiger charge is -2.34. The van der Waals surface area contributed by atoms with Gasteiger partial charge >= 0.3 is 0 Å². The fourth-order valence-electron chi connectivity index (χ4n) is 2.78. The molecule has 1 rings (SSSR count). The van der Waals surface area contributed by atoms with E-state index in [4.69, 9.17) is 0 Å². The van der Waals surface area contributed by atoms with E-state index in [1.54, 1.807) is 0 Å². The van der Waals surface area contributed by atoms with Crippen LogP contribution in [0.15, 0.2) is 0 Å². The van der Waals surface area contributed by atoms with Crippen molar-refractivity contribution in [3.8, 4) is 0 Å². The molecular formula is C16H31N2O2-. The maximum Gasteiger partial charge on any atom is 0.0414 e. The Morgan fingerprint density at radius 1 is 0.850 bits per heavy atom. The van der Waals surface area contributed by atoms with Crippen LogP contribution in [0.25, 0.3) is 0 Å². The van der Waals surface area contributed by atoms with Crippen molar-refractivity contribution in [2.45, 2.75) is 58.3 Å². The minimum absolute atomic E-state index is 0.214. The molecule has 1 aliphatic rings. The van der Waals surface area contributed by atoms with E-state index >= 15 is 0 Å². The van der Waals surface area contributed by atoms with Gasteiger partial charge in [0.05, 0.1) is 0 Å². The van der Waals surface area contributed by atoms with Gasteiger partial charge in [0.15, 0.2) is 0 Å². The van der Waals surface area contributed by atoms with E-state index in [1.807, 2.05) is 0 Å². The van der Waals surface area contributed by atoms with Gasteiger partial charge in [-0.05, 0) is 38.8 Å². The summed E-state index contributed by atoms with van der Waals surface area (Å²) in [6.07, 6.45) is 8.49.